The van der Waals surface area contributed by atoms with Crippen molar-refractivity contribution >= 4 is 41.5 Å². The van der Waals surface area contributed by atoms with Crippen molar-refractivity contribution in [2.45, 2.75) is 31.0 Å². The molecule has 1 aliphatic rings. The van der Waals surface area contributed by atoms with Crippen LogP contribution in [0.15, 0.2) is 6.20 Å². The molecule has 1 aromatic rings. The van der Waals surface area contributed by atoms with Crippen molar-refractivity contribution in [3.05, 3.63) is 16.8 Å². The summed E-state index contributed by atoms with van der Waals surface area (Å²) in [6, 6.07) is 0. The average molecular weight is 533 g/mol. The van der Waals surface area contributed by atoms with Gasteiger partial charge in [-0.3, -0.25) is 9.09 Å². The summed E-state index contributed by atoms with van der Waals surface area (Å²) in [7, 11) is -16.9. The fourth-order valence-corrected chi connectivity index (χ4v) is 5.73. The van der Waals surface area contributed by atoms with Gasteiger partial charge in [-0.1, -0.05) is 0 Å². The second kappa shape index (κ2) is 8.91. The number of phosphoric ester groups is 1. The van der Waals surface area contributed by atoms with E-state index in [-0.39, 0.29) is 0 Å². The summed E-state index contributed by atoms with van der Waals surface area (Å²) in [5, 5.41) is 10.4. The maximum atomic E-state index is 14.7. The first-order valence-corrected chi connectivity index (χ1v) is 12.6. The van der Waals surface area contributed by atoms with Crippen molar-refractivity contribution in [2.75, 3.05) is 12.3 Å². The number of ether oxygens (including phenoxy) is 1. The first-order chi connectivity index (χ1) is 13.8. The van der Waals surface area contributed by atoms with E-state index in [0.717, 1.165) is 11.5 Å². The molecule has 6 atom stereocenters. The predicted molar refractivity (Wildman–Crippen MR) is 96.7 cm³/mol. The predicted octanol–water partition coefficient (Wildman–Crippen LogP) is 0.664. The van der Waals surface area contributed by atoms with Gasteiger partial charge in [-0.2, -0.15) is 13.6 Å². The quantitative estimate of drug-likeness (QED) is 0.199. The zero-order valence-corrected chi connectivity index (χ0v) is 18.6. The summed E-state index contributed by atoms with van der Waals surface area (Å²) >= 11 is 4.86. The van der Waals surface area contributed by atoms with Crippen LogP contribution >= 0.6 is 35.7 Å². The van der Waals surface area contributed by atoms with E-state index < -0.39 is 70.6 Å². The number of aromatic nitrogens is 2. The Morgan fingerprint density at radius 2 is 1.87 bits per heavy atom. The number of nitrogen functional groups attached to an aromatic ring is 1. The molecule has 31 heavy (non-hydrogen) atoms. The largest absolute Gasteiger partial charge is 0.490 e. The monoisotopic (exact) mass is 533 g/mol. The highest BCUT2D eigenvalue weighted by Crippen LogP contribution is 2.66. The molecule has 0 aromatic carbocycles. The van der Waals surface area contributed by atoms with E-state index in [1.807, 2.05) is 0 Å². The summed E-state index contributed by atoms with van der Waals surface area (Å²) < 4.78 is 78.8. The van der Waals surface area contributed by atoms with Crippen LogP contribution in [0.25, 0.3) is 0 Å². The molecule has 1 saturated heterocycles. The van der Waals surface area contributed by atoms with E-state index in [9.17, 15) is 32.5 Å². The minimum atomic E-state index is -5.78. The molecule has 3 unspecified atom stereocenters. The normalized spacial score (nSPS) is 30.6. The van der Waals surface area contributed by atoms with E-state index in [0.29, 0.717) is 6.20 Å². The van der Waals surface area contributed by atoms with Gasteiger partial charge in [-0.15, -0.1) is 0 Å². The zero-order chi connectivity index (χ0) is 24.0. The van der Waals surface area contributed by atoms with Crippen LogP contribution < -0.4 is 5.73 Å². The molecule has 0 amide bonds. The van der Waals surface area contributed by atoms with Gasteiger partial charge >= 0.3 is 23.5 Å². The Labute approximate surface area is 176 Å². The molecule has 0 aliphatic carbocycles. The number of rotatable bonds is 8. The van der Waals surface area contributed by atoms with Crippen LogP contribution in [0.3, 0.4) is 0 Å². The molecule has 178 valence electrons. The minimum absolute atomic E-state index is 0.398. The first kappa shape index (κ1) is 26.5. The van der Waals surface area contributed by atoms with Gasteiger partial charge in [-0.25, -0.2) is 22.5 Å². The summed E-state index contributed by atoms with van der Waals surface area (Å²) in [6.07, 6.45) is -5.19. The van der Waals surface area contributed by atoms with Gasteiger partial charge in [0.25, 0.3) is 0 Å². The van der Waals surface area contributed by atoms with Crippen molar-refractivity contribution in [3.63, 3.8) is 0 Å². The summed E-state index contributed by atoms with van der Waals surface area (Å²) in [5.41, 5.74) is 2.86. The Morgan fingerprint density at radius 1 is 1.29 bits per heavy atom. The van der Waals surface area contributed by atoms with Crippen LogP contribution in [0, 0.1) is 10.6 Å². The molecule has 21 heteroatoms. The minimum Gasteiger partial charge on any atom is -0.382 e. The van der Waals surface area contributed by atoms with Crippen LogP contribution in [0.2, 0.25) is 0 Å². The molecular weight excluding hydrogens is 517 g/mol. The maximum absolute atomic E-state index is 14.7. The lowest BCUT2D eigenvalue weighted by Gasteiger charge is -2.27. The van der Waals surface area contributed by atoms with Crippen LogP contribution in [-0.4, -0.2) is 58.7 Å². The highest BCUT2D eigenvalue weighted by atomic mass is 32.1. The fourth-order valence-electron chi connectivity index (χ4n) is 2.45. The Hall–Kier alpha value is -0.710. The molecule has 15 nitrogen and oxygen atoms in total. The van der Waals surface area contributed by atoms with Crippen molar-refractivity contribution in [1.29, 1.82) is 0 Å². The topological polar surface area (TPSA) is 233 Å². The Balaban J connectivity index is 2.16. The van der Waals surface area contributed by atoms with E-state index in [1.165, 1.54) is 0 Å². The van der Waals surface area contributed by atoms with Gasteiger partial charge < -0.3 is 35.2 Å². The number of anilines is 1. The lowest BCUT2D eigenvalue weighted by Crippen LogP contribution is -2.42. The molecule has 1 aliphatic heterocycles. The SMILES string of the molecule is C[C@@]1(O)C(F)[C@@H](COP(=O)(O)OP(=O)(O)OP(=O)(O)O)O[C@H]1n1cc(F)c(N)nc1=S. The van der Waals surface area contributed by atoms with E-state index in [2.05, 4.69) is 18.1 Å². The molecule has 0 saturated carbocycles. The molecule has 2 heterocycles. The second-order valence-corrected chi connectivity index (χ2v) is 11.0. The average Bonchev–Trinajstić information content (AvgIpc) is 2.76. The third-order valence-electron chi connectivity index (χ3n) is 3.69. The number of nitrogens with zero attached hydrogens (tertiary/aromatic N) is 2. The number of aliphatic hydroxyl groups is 1. The molecule has 0 spiro atoms. The van der Waals surface area contributed by atoms with E-state index >= 15 is 0 Å². The van der Waals surface area contributed by atoms with Gasteiger partial charge in [0.05, 0.1) is 6.61 Å². The number of phosphoric acid groups is 3. The molecule has 1 fully saturated rings. The van der Waals surface area contributed by atoms with Crippen LogP contribution in [0.5, 0.6) is 0 Å². The van der Waals surface area contributed by atoms with Crippen LogP contribution in [0.4, 0.5) is 14.6 Å². The van der Waals surface area contributed by atoms with Crippen LogP contribution in [-0.2, 0) is 31.6 Å². The second-order valence-electron chi connectivity index (χ2n) is 6.21. The third-order valence-corrected chi connectivity index (χ3v) is 7.80. The highest BCUT2D eigenvalue weighted by molar-refractivity contribution is 7.71. The third kappa shape index (κ3) is 6.65. The molecule has 2 rings (SSSR count). The number of alkyl halides is 1. The van der Waals surface area contributed by atoms with Gasteiger partial charge in [0.1, 0.15) is 11.7 Å². The Kier molecular flexibility index (Phi) is 7.63. The van der Waals surface area contributed by atoms with Crippen molar-refractivity contribution in [3.8, 4) is 0 Å². The van der Waals surface area contributed by atoms with Gasteiger partial charge in [0.15, 0.2) is 24.0 Å². The summed E-state index contributed by atoms with van der Waals surface area (Å²) in [6.45, 7) is -0.251. The summed E-state index contributed by atoms with van der Waals surface area (Å²) in [5.74, 6) is -1.64. The number of halogens is 2. The van der Waals surface area contributed by atoms with Gasteiger partial charge in [-0.05, 0) is 19.1 Å². The highest BCUT2D eigenvalue weighted by Gasteiger charge is 2.55. The Morgan fingerprint density at radius 3 is 2.42 bits per heavy atom. The Bertz CT molecular complexity index is 1050. The van der Waals surface area contributed by atoms with Crippen molar-refractivity contribution < 1.29 is 65.0 Å². The molecule has 7 N–H and O–H groups in total. The van der Waals surface area contributed by atoms with E-state index in [4.69, 9.17) is 37.4 Å². The van der Waals surface area contributed by atoms with Gasteiger partial charge in [0.2, 0.25) is 4.77 Å². The number of nitrogens with two attached hydrogens (primary N) is 1. The molecule has 1 aromatic heterocycles. The lowest BCUT2D eigenvalue weighted by atomic mass is 9.98. The van der Waals surface area contributed by atoms with Crippen LogP contribution in [0.1, 0.15) is 13.2 Å². The number of hydrogen-bond donors (Lipinski definition) is 6. The fraction of sp³-hybridized carbons (Fsp3) is 0.600. The lowest BCUT2D eigenvalue weighted by molar-refractivity contribution is -0.0923. The van der Waals surface area contributed by atoms with Crippen molar-refractivity contribution in [1.82, 2.24) is 9.55 Å². The summed E-state index contributed by atoms with van der Waals surface area (Å²) in [4.78, 5) is 38.9. The van der Waals surface area contributed by atoms with Gasteiger partial charge in [0, 0.05) is 6.20 Å². The number of hydrogen-bond acceptors (Lipinski definition) is 11. The van der Waals surface area contributed by atoms with Crippen molar-refractivity contribution in [2.24, 2.45) is 0 Å². The first-order valence-electron chi connectivity index (χ1n) is 7.69. The smallest absolute Gasteiger partial charge is 0.382 e. The maximum Gasteiger partial charge on any atom is 0.490 e. The zero-order valence-electron chi connectivity index (χ0n) is 15.1. The molecule has 0 radical (unpaired) electrons. The molecule has 0 bridgehead atoms. The standard InChI is InChI=1S/C10H16F2N3O12P3S/c1-10(16)6(12)5(25-8(10)15-2-4(11)7(13)14-9(15)31)3-24-29(20,21)27-30(22,23)26-28(17,18)19/h2,5-6,8,16H,3H2,1H3,(H,20,21)(H,22,23)(H2,13,14,31)(H2,17,18,19)/t5-,6?,8-,10-/m1/s1. The van der Waals surface area contributed by atoms with E-state index in [1.54, 1.807) is 0 Å². The molecular formula is C10H16F2N3O12P3S.